The summed E-state index contributed by atoms with van der Waals surface area (Å²) < 4.78 is 5.89. The minimum absolute atomic E-state index is 0.1000. The topological polar surface area (TPSA) is 63.0 Å². The van der Waals surface area contributed by atoms with Crippen molar-refractivity contribution >= 4 is 5.91 Å². The van der Waals surface area contributed by atoms with E-state index in [1.807, 2.05) is 7.11 Å². The molecular formula is C19H27N3O2. The summed E-state index contributed by atoms with van der Waals surface area (Å²) in [6.07, 6.45) is 13.9. The van der Waals surface area contributed by atoms with Crippen molar-refractivity contribution in [2.24, 2.45) is 28.0 Å². The fourth-order valence-corrected chi connectivity index (χ4v) is 5.68. The Morgan fingerprint density at radius 2 is 1.96 bits per heavy atom. The van der Waals surface area contributed by atoms with Crippen molar-refractivity contribution in [3.63, 3.8) is 0 Å². The predicted molar refractivity (Wildman–Crippen MR) is 90.1 cm³/mol. The zero-order valence-corrected chi connectivity index (χ0v) is 14.5. The molecule has 5 heteroatoms. The molecule has 0 aromatic rings. The molecule has 1 heterocycles. The Bertz CT molecular complexity index is 572. The van der Waals surface area contributed by atoms with Crippen LogP contribution >= 0.6 is 0 Å². The third-order valence-corrected chi connectivity index (χ3v) is 6.78. The van der Waals surface area contributed by atoms with Crippen LogP contribution in [-0.2, 0) is 9.53 Å². The molecule has 2 atom stereocenters. The Kier molecular flexibility index (Phi) is 3.91. The second-order valence-electron chi connectivity index (χ2n) is 8.34. The summed E-state index contributed by atoms with van der Waals surface area (Å²) in [6.45, 7) is 0. The van der Waals surface area contributed by atoms with Crippen LogP contribution in [-0.4, -0.2) is 30.3 Å². The maximum Gasteiger partial charge on any atom is 0.220 e. The number of hydrogen-bond acceptors (Lipinski definition) is 4. The van der Waals surface area contributed by atoms with Gasteiger partial charge in [-0.2, -0.15) is 10.2 Å². The Balaban J connectivity index is 1.30. The van der Waals surface area contributed by atoms with Crippen molar-refractivity contribution in [2.75, 3.05) is 7.11 Å². The number of ether oxygens (including phenoxy) is 1. The molecule has 1 amide bonds. The summed E-state index contributed by atoms with van der Waals surface area (Å²) in [7, 11) is 1.86. The lowest BCUT2D eigenvalue weighted by molar-refractivity contribution is -0.161. The third-order valence-electron chi connectivity index (χ3n) is 6.78. The van der Waals surface area contributed by atoms with Gasteiger partial charge < -0.3 is 10.1 Å². The molecule has 130 valence electrons. The van der Waals surface area contributed by atoms with E-state index >= 15 is 0 Å². The van der Waals surface area contributed by atoms with Crippen LogP contribution in [0.4, 0.5) is 0 Å². The van der Waals surface area contributed by atoms with E-state index in [1.54, 1.807) is 0 Å². The molecule has 4 bridgehead atoms. The van der Waals surface area contributed by atoms with E-state index in [0.717, 1.165) is 25.2 Å². The molecule has 4 aliphatic carbocycles. The van der Waals surface area contributed by atoms with E-state index in [0.29, 0.717) is 37.1 Å². The highest BCUT2D eigenvalue weighted by atomic mass is 16.5. The normalized spacial score (nSPS) is 40.3. The highest BCUT2D eigenvalue weighted by Gasteiger charge is 2.56. The molecule has 0 spiro atoms. The number of nitrogens with one attached hydrogen (secondary N) is 1. The molecule has 24 heavy (non-hydrogen) atoms. The molecule has 4 saturated carbocycles. The van der Waals surface area contributed by atoms with Crippen LogP contribution < -0.4 is 5.32 Å². The quantitative estimate of drug-likeness (QED) is 0.730. The molecule has 5 aliphatic rings. The van der Waals surface area contributed by atoms with Crippen molar-refractivity contribution < 1.29 is 9.53 Å². The van der Waals surface area contributed by atoms with Gasteiger partial charge in [0.15, 0.2) is 5.66 Å². The Morgan fingerprint density at radius 1 is 1.25 bits per heavy atom. The lowest BCUT2D eigenvalue weighted by atomic mass is 9.52. The fourth-order valence-electron chi connectivity index (χ4n) is 5.68. The van der Waals surface area contributed by atoms with E-state index in [2.05, 4.69) is 21.5 Å². The number of amides is 1. The maximum absolute atomic E-state index is 12.5. The highest BCUT2D eigenvalue weighted by Crippen LogP contribution is 2.57. The summed E-state index contributed by atoms with van der Waals surface area (Å²) in [4.78, 5) is 12.5. The Labute approximate surface area is 144 Å². The van der Waals surface area contributed by atoms with Crippen LogP contribution in [0.2, 0.25) is 0 Å². The van der Waals surface area contributed by atoms with Gasteiger partial charge in [0.05, 0.1) is 5.60 Å². The summed E-state index contributed by atoms with van der Waals surface area (Å²) >= 11 is 0. The second kappa shape index (κ2) is 5.84. The molecule has 0 saturated heterocycles. The lowest BCUT2D eigenvalue weighted by Gasteiger charge is -2.59. The largest absolute Gasteiger partial charge is 0.378 e. The highest BCUT2D eigenvalue weighted by molar-refractivity contribution is 5.76. The van der Waals surface area contributed by atoms with Gasteiger partial charge in [-0.15, -0.1) is 12.3 Å². The van der Waals surface area contributed by atoms with E-state index in [9.17, 15) is 4.79 Å². The van der Waals surface area contributed by atoms with E-state index in [1.165, 1.54) is 19.3 Å². The lowest BCUT2D eigenvalue weighted by Crippen LogP contribution is -2.62. The molecule has 1 aliphatic heterocycles. The van der Waals surface area contributed by atoms with Crippen LogP contribution in [0.1, 0.15) is 57.8 Å². The van der Waals surface area contributed by atoms with Crippen molar-refractivity contribution in [1.29, 1.82) is 0 Å². The number of terminal acetylenes is 1. The summed E-state index contributed by atoms with van der Waals surface area (Å²) in [5.74, 6) is 4.75. The van der Waals surface area contributed by atoms with E-state index < -0.39 is 0 Å². The number of methoxy groups -OCH3 is 1. The minimum atomic E-state index is -0.353. The van der Waals surface area contributed by atoms with E-state index in [-0.39, 0.29) is 17.2 Å². The third kappa shape index (κ3) is 2.86. The van der Waals surface area contributed by atoms with Crippen molar-refractivity contribution in [2.45, 2.75) is 75.1 Å². The van der Waals surface area contributed by atoms with Crippen LogP contribution in [0.5, 0.6) is 0 Å². The van der Waals surface area contributed by atoms with Gasteiger partial charge in [-0.1, -0.05) is 0 Å². The smallest absolute Gasteiger partial charge is 0.220 e. The van der Waals surface area contributed by atoms with Crippen molar-refractivity contribution in [3.05, 3.63) is 0 Å². The standard InChI is InChI=1S/C19H27N3O2/c1-3-4-6-19(21-22-19)7-5-16(23)20-17-14-8-13-9-15(17)12-18(10-13,11-14)24-2/h1,13-15,17H,4-12H2,2H3,(H,20,23). The van der Waals surface area contributed by atoms with Crippen LogP contribution in [0.15, 0.2) is 10.2 Å². The first kappa shape index (κ1) is 16.1. The van der Waals surface area contributed by atoms with Crippen LogP contribution in [0.3, 0.4) is 0 Å². The molecule has 0 aromatic heterocycles. The fraction of sp³-hybridized carbons (Fsp3) is 0.842. The van der Waals surface area contributed by atoms with Gasteiger partial charge in [0.2, 0.25) is 5.91 Å². The van der Waals surface area contributed by atoms with Gasteiger partial charge in [0.25, 0.3) is 0 Å². The van der Waals surface area contributed by atoms with Gasteiger partial charge in [0.1, 0.15) is 0 Å². The summed E-state index contributed by atoms with van der Waals surface area (Å²) in [5, 5.41) is 11.6. The average molecular weight is 329 g/mol. The van der Waals surface area contributed by atoms with Gasteiger partial charge in [-0.05, 0) is 49.9 Å². The van der Waals surface area contributed by atoms with Crippen LogP contribution in [0.25, 0.3) is 0 Å². The summed E-state index contributed by atoms with van der Waals surface area (Å²) in [5.41, 5.74) is -0.253. The summed E-state index contributed by atoms with van der Waals surface area (Å²) in [6, 6.07) is 0.340. The zero-order chi connectivity index (χ0) is 16.8. The molecule has 0 radical (unpaired) electrons. The zero-order valence-electron chi connectivity index (χ0n) is 14.5. The van der Waals surface area contributed by atoms with Gasteiger partial charge in [-0.3, -0.25) is 4.79 Å². The molecule has 5 nitrogen and oxygen atoms in total. The Hall–Kier alpha value is -1.41. The number of carbonyl (C=O) groups excluding carboxylic acids is 1. The van der Waals surface area contributed by atoms with Gasteiger partial charge >= 0.3 is 0 Å². The molecular weight excluding hydrogens is 302 g/mol. The number of hydrogen-bond donors (Lipinski definition) is 1. The second-order valence-corrected chi connectivity index (χ2v) is 8.34. The number of carbonyl (C=O) groups is 1. The number of rotatable bonds is 7. The monoisotopic (exact) mass is 329 g/mol. The minimum Gasteiger partial charge on any atom is -0.378 e. The molecule has 5 rings (SSSR count). The first-order valence-corrected chi connectivity index (χ1v) is 9.29. The van der Waals surface area contributed by atoms with Crippen molar-refractivity contribution in [1.82, 2.24) is 5.32 Å². The van der Waals surface area contributed by atoms with Gasteiger partial charge in [-0.25, -0.2) is 0 Å². The Morgan fingerprint density at radius 3 is 2.54 bits per heavy atom. The molecule has 2 unspecified atom stereocenters. The first-order chi connectivity index (χ1) is 11.6. The van der Waals surface area contributed by atoms with Crippen molar-refractivity contribution in [3.8, 4) is 12.3 Å². The molecule has 0 aromatic carbocycles. The molecule has 4 fully saturated rings. The van der Waals surface area contributed by atoms with Crippen LogP contribution in [0, 0.1) is 30.1 Å². The number of nitrogens with zero attached hydrogens (tertiary/aromatic N) is 2. The average Bonchev–Trinajstić information content (AvgIpc) is 3.34. The van der Waals surface area contributed by atoms with Gasteiger partial charge in [0, 0.05) is 38.8 Å². The predicted octanol–water partition coefficient (Wildman–Crippen LogP) is 3.05. The van der Waals surface area contributed by atoms with E-state index in [4.69, 9.17) is 11.2 Å². The first-order valence-electron chi connectivity index (χ1n) is 9.29. The molecule has 1 N–H and O–H groups in total. The SMILES string of the molecule is C#CCCC1(CCC(=O)NC2C3CC4CC2CC(OC)(C4)C3)N=N1. The maximum atomic E-state index is 12.5.